The third-order valence-corrected chi connectivity index (χ3v) is 2.84. The van der Waals surface area contributed by atoms with Gasteiger partial charge in [0.1, 0.15) is 6.07 Å². The van der Waals surface area contributed by atoms with Crippen LogP contribution in [0.5, 0.6) is 11.5 Å². The highest BCUT2D eigenvalue weighted by atomic mass is 16.5. The number of hydrogen-bond donors (Lipinski definition) is 2. The topological polar surface area (TPSA) is 100 Å². The van der Waals surface area contributed by atoms with Crippen LogP contribution in [0.3, 0.4) is 0 Å². The van der Waals surface area contributed by atoms with Gasteiger partial charge in [-0.3, -0.25) is 9.59 Å². The summed E-state index contributed by atoms with van der Waals surface area (Å²) in [4.78, 5) is 23.4. The minimum atomic E-state index is -0.382. The number of ether oxygens (including phenoxy) is 2. The highest BCUT2D eigenvalue weighted by molar-refractivity contribution is 5.94. The number of amides is 2. The van der Waals surface area contributed by atoms with Crippen LogP contribution in [0.4, 0.5) is 0 Å². The summed E-state index contributed by atoms with van der Waals surface area (Å²) in [5.41, 5.74) is 0.374. The molecule has 7 heteroatoms. The number of rotatable bonds is 7. The molecule has 1 rings (SSSR count). The summed E-state index contributed by atoms with van der Waals surface area (Å²) in [6.07, 6.45) is 2.92. The van der Waals surface area contributed by atoms with Crippen molar-refractivity contribution >= 4 is 17.9 Å². The van der Waals surface area contributed by atoms with Crippen molar-refractivity contribution in [1.29, 1.82) is 5.26 Å². The second-order valence-corrected chi connectivity index (χ2v) is 6.21. The first kappa shape index (κ1) is 20.0. The van der Waals surface area contributed by atoms with E-state index in [1.807, 2.05) is 26.8 Å². The number of nitrogens with zero attached hydrogens (tertiary/aromatic N) is 1. The number of benzene rings is 1. The molecule has 0 aliphatic heterocycles. The Morgan fingerprint density at radius 3 is 2.60 bits per heavy atom. The first-order valence-corrected chi connectivity index (χ1v) is 7.70. The second-order valence-electron chi connectivity index (χ2n) is 6.21. The van der Waals surface area contributed by atoms with Crippen LogP contribution in [-0.4, -0.2) is 37.6 Å². The molecule has 0 saturated heterocycles. The quantitative estimate of drug-likeness (QED) is 0.732. The van der Waals surface area contributed by atoms with E-state index in [4.69, 9.17) is 14.7 Å². The fraction of sp³-hybridized carbons (Fsp3) is 0.389. The van der Waals surface area contributed by atoms with Crippen LogP contribution in [0.1, 0.15) is 26.3 Å². The molecular formula is C18H23N3O4. The van der Waals surface area contributed by atoms with Crippen LogP contribution in [0, 0.1) is 11.3 Å². The Labute approximate surface area is 147 Å². The summed E-state index contributed by atoms with van der Waals surface area (Å²) in [6.45, 7) is 5.42. The Morgan fingerprint density at radius 2 is 2.00 bits per heavy atom. The molecule has 2 N–H and O–H groups in total. The van der Waals surface area contributed by atoms with Crippen molar-refractivity contribution in [3.63, 3.8) is 0 Å². The summed E-state index contributed by atoms with van der Waals surface area (Å²) in [5.74, 6) is 0.273. The molecule has 0 aliphatic rings. The van der Waals surface area contributed by atoms with E-state index in [9.17, 15) is 9.59 Å². The van der Waals surface area contributed by atoms with E-state index in [-0.39, 0.29) is 30.5 Å². The van der Waals surface area contributed by atoms with E-state index in [0.29, 0.717) is 11.5 Å². The standard InChI is InChI=1S/C18H23N3O4/c1-18(2,3)21-17(23)12-20-16(22)8-6-13-5-7-14(25-10-9-19)15(11-13)24-4/h5-8,11H,10,12H2,1-4H3,(H,20,22)(H,21,23)/b8-6+. The van der Waals surface area contributed by atoms with Gasteiger partial charge in [0, 0.05) is 11.6 Å². The lowest BCUT2D eigenvalue weighted by Crippen LogP contribution is -2.45. The summed E-state index contributed by atoms with van der Waals surface area (Å²) in [7, 11) is 1.49. The Bertz CT molecular complexity index is 685. The van der Waals surface area contributed by atoms with Gasteiger partial charge in [-0.25, -0.2) is 0 Å². The van der Waals surface area contributed by atoms with Gasteiger partial charge >= 0.3 is 0 Å². The number of nitriles is 1. The summed E-state index contributed by atoms with van der Waals surface area (Å²) in [5, 5.41) is 13.8. The Balaban J connectivity index is 2.61. The van der Waals surface area contributed by atoms with Crippen LogP contribution in [-0.2, 0) is 9.59 Å². The van der Waals surface area contributed by atoms with Crippen molar-refractivity contribution in [3.05, 3.63) is 29.8 Å². The molecule has 0 aromatic heterocycles. The van der Waals surface area contributed by atoms with Crippen LogP contribution in [0.2, 0.25) is 0 Å². The molecule has 0 saturated carbocycles. The van der Waals surface area contributed by atoms with E-state index in [2.05, 4.69) is 10.6 Å². The molecule has 134 valence electrons. The van der Waals surface area contributed by atoms with E-state index < -0.39 is 0 Å². The average Bonchev–Trinajstić information content (AvgIpc) is 2.55. The molecular weight excluding hydrogens is 322 g/mol. The SMILES string of the molecule is COc1cc(/C=C/C(=O)NCC(=O)NC(C)(C)C)ccc1OCC#N. The number of carbonyl (C=O) groups is 2. The molecule has 0 bridgehead atoms. The first-order valence-electron chi connectivity index (χ1n) is 7.70. The monoisotopic (exact) mass is 345 g/mol. The maximum absolute atomic E-state index is 11.8. The zero-order chi connectivity index (χ0) is 18.9. The molecule has 1 aromatic carbocycles. The van der Waals surface area contributed by atoms with Gasteiger partial charge in [0.2, 0.25) is 11.8 Å². The van der Waals surface area contributed by atoms with Crippen molar-refractivity contribution < 1.29 is 19.1 Å². The Morgan fingerprint density at radius 1 is 1.28 bits per heavy atom. The predicted octanol–water partition coefficient (Wildman–Crippen LogP) is 1.64. The van der Waals surface area contributed by atoms with E-state index in [1.165, 1.54) is 13.2 Å². The molecule has 0 heterocycles. The van der Waals surface area contributed by atoms with Crippen molar-refractivity contribution in [2.75, 3.05) is 20.3 Å². The minimum Gasteiger partial charge on any atom is -0.493 e. The normalized spacial score (nSPS) is 10.8. The summed E-state index contributed by atoms with van der Waals surface area (Å²) < 4.78 is 10.4. The zero-order valence-corrected chi connectivity index (χ0v) is 14.9. The molecule has 0 atom stereocenters. The van der Waals surface area contributed by atoms with E-state index in [0.717, 1.165) is 5.56 Å². The molecule has 2 amide bonds. The molecule has 0 spiro atoms. The maximum Gasteiger partial charge on any atom is 0.244 e. The number of methoxy groups -OCH3 is 1. The zero-order valence-electron chi connectivity index (χ0n) is 14.9. The molecule has 25 heavy (non-hydrogen) atoms. The van der Waals surface area contributed by atoms with Gasteiger partial charge < -0.3 is 20.1 Å². The van der Waals surface area contributed by atoms with E-state index in [1.54, 1.807) is 24.3 Å². The van der Waals surface area contributed by atoms with Gasteiger partial charge in [0.05, 0.1) is 13.7 Å². The highest BCUT2D eigenvalue weighted by Gasteiger charge is 2.13. The Kier molecular flexibility index (Phi) is 7.47. The summed E-state index contributed by atoms with van der Waals surface area (Å²) in [6, 6.07) is 6.95. The second kappa shape index (κ2) is 9.33. The van der Waals surface area contributed by atoms with Crippen LogP contribution >= 0.6 is 0 Å². The fourth-order valence-electron chi connectivity index (χ4n) is 1.88. The average molecular weight is 345 g/mol. The smallest absolute Gasteiger partial charge is 0.244 e. The van der Waals surface area contributed by atoms with Gasteiger partial charge in [-0.05, 0) is 44.5 Å². The molecule has 1 aromatic rings. The number of carbonyl (C=O) groups excluding carboxylic acids is 2. The van der Waals surface area contributed by atoms with E-state index >= 15 is 0 Å². The molecule has 7 nitrogen and oxygen atoms in total. The lowest BCUT2D eigenvalue weighted by molar-refractivity contribution is -0.124. The molecule has 0 radical (unpaired) electrons. The third kappa shape index (κ3) is 7.88. The van der Waals surface area contributed by atoms with Crippen molar-refractivity contribution in [1.82, 2.24) is 10.6 Å². The number of hydrogen-bond acceptors (Lipinski definition) is 5. The highest BCUT2D eigenvalue weighted by Crippen LogP contribution is 2.28. The van der Waals surface area contributed by atoms with Crippen molar-refractivity contribution in [2.24, 2.45) is 0 Å². The summed E-state index contributed by atoms with van der Waals surface area (Å²) >= 11 is 0. The molecule has 0 fully saturated rings. The van der Waals surface area contributed by atoms with Crippen molar-refractivity contribution in [2.45, 2.75) is 26.3 Å². The van der Waals surface area contributed by atoms with Gasteiger partial charge in [0.25, 0.3) is 0 Å². The number of nitrogens with one attached hydrogen (secondary N) is 2. The lowest BCUT2D eigenvalue weighted by Gasteiger charge is -2.20. The Hall–Kier alpha value is -3.01. The van der Waals surface area contributed by atoms with Crippen molar-refractivity contribution in [3.8, 4) is 17.6 Å². The minimum absolute atomic E-state index is 0.0788. The van der Waals surface area contributed by atoms with Crippen LogP contribution in [0.15, 0.2) is 24.3 Å². The lowest BCUT2D eigenvalue weighted by atomic mass is 10.1. The van der Waals surface area contributed by atoms with Gasteiger partial charge in [-0.15, -0.1) is 0 Å². The fourth-order valence-corrected chi connectivity index (χ4v) is 1.88. The van der Waals surface area contributed by atoms with Gasteiger partial charge in [-0.2, -0.15) is 5.26 Å². The first-order chi connectivity index (χ1) is 11.7. The predicted molar refractivity (Wildman–Crippen MR) is 94.0 cm³/mol. The molecule has 0 aliphatic carbocycles. The van der Waals surface area contributed by atoms with Crippen LogP contribution in [0.25, 0.3) is 6.08 Å². The molecule has 0 unspecified atom stereocenters. The van der Waals surface area contributed by atoms with Crippen LogP contribution < -0.4 is 20.1 Å². The van der Waals surface area contributed by atoms with Gasteiger partial charge in [0.15, 0.2) is 18.1 Å². The maximum atomic E-state index is 11.8. The largest absolute Gasteiger partial charge is 0.493 e. The van der Waals surface area contributed by atoms with Gasteiger partial charge in [-0.1, -0.05) is 6.07 Å². The third-order valence-electron chi connectivity index (χ3n) is 2.84.